The van der Waals surface area contributed by atoms with Crippen LogP contribution in [0.25, 0.3) is 11.1 Å². The lowest BCUT2D eigenvalue weighted by atomic mass is 10.0. The van der Waals surface area contributed by atoms with Gasteiger partial charge in [0.05, 0.1) is 31.8 Å². The largest absolute Gasteiger partial charge is 0.453 e. The van der Waals surface area contributed by atoms with Gasteiger partial charge in [-0.25, -0.2) is 19.3 Å². The maximum absolute atomic E-state index is 14.2. The van der Waals surface area contributed by atoms with Crippen molar-refractivity contribution in [3.05, 3.63) is 72.3 Å². The highest BCUT2D eigenvalue weighted by Crippen LogP contribution is 2.48. The van der Waals surface area contributed by atoms with E-state index in [-0.39, 0.29) is 25.5 Å². The molecule has 2 aliphatic carbocycles. The Bertz CT molecular complexity index is 1390. The Morgan fingerprint density at radius 2 is 1.58 bits per heavy atom. The summed E-state index contributed by atoms with van der Waals surface area (Å²) in [7, 11) is 1.32. The summed E-state index contributed by atoms with van der Waals surface area (Å²) in [5.74, 6) is -0.628. The number of nitrogens with zero attached hydrogens (tertiary/aromatic N) is 3. The lowest BCUT2D eigenvalue weighted by Gasteiger charge is -2.34. The van der Waals surface area contributed by atoms with Crippen LogP contribution in [0.4, 0.5) is 14.4 Å². The Labute approximate surface area is 252 Å². The van der Waals surface area contributed by atoms with Crippen LogP contribution in [0.5, 0.6) is 0 Å². The summed E-state index contributed by atoms with van der Waals surface area (Å²) >= 11 is 0. The van der Waals surface area contributed by atoms with Crippen LogP contribution >= 0.6 is 0 Å². The number of hydrogen-bond acceptors (Lipinski definition) is 7. The van der Waals surface area contributed by atoms with Gasteiger partial charge in [0, 0.05) is 6.54 Å². The molecule has 0 spiro atoms. The van der Waals surface area contributed by atoms with Gasteiger partial charge in [0.25, 0.3) is 5.91 Å². The molecular formula is C33H39N3O7. The van der Waals surface area contributed by atoms with Crippen LogP contribution in [-0.4, -0.2) is 82.9 Å². The second-order valence-electron chi connectivity index (χ2n) is 12.1. The minimum absolute atomic E-state index is 0.00741. The summed E-state index contributed by atoms with van der Waals surface area (Å²) in [6.45, 7) is 10.8. The molecule has 1 aliphatic heterocycles. The van der Waals surface area contributed by atoms with Crippen molar-refractivity contribution in [2.75, 3.05) is 20.3 Å². The Kier molecular flexibility index (Phi) is 8.23. The maximum atomic E-state index is 14.2. The number of fused-ring (bicyclic) bond motifs is 3. The van der Waals surface area contributed by atoms with Crippen LogP contribution in [0.15, 0.2) is 61.2 Å². The number of ether oxygens (including phenoxy) is 3. The molecular weight excluding hydrogens is 550 g/mol. The second kappa shape index (κ2) is 11.7. The molecule has 43 heavy (non-hydrogen) atoms. The molecule has 4 unspecified atom stereocenters. The van der Waals surface area contributed by atoms with Gasteiger partial charge in [-0.2, -0.15) is 0 Å². The van der Waals surface area contributed by atoms with Crippen LogP contribution in [0, 0.1) is 5.92 Å². The predicted octanol–water partition coefficient (Wildman–Crippen LogP) is 5.76. The molecule has 3 aliphatic rings. The van der Waals surface area contributed by atoms with E-state index < -0.39 is 54.0 Å². The number of amides is 4. The van der Waals surface area contributed by atoms with Gasteiger partial charge in [-0.1, -0.05) is 54.6 Å². The molecule has 2 fully saturated rings. The van der Waals surface area contributed by atoms with Crippen molar-refractivity contribution in [3.8, 4) is 11.1 Å². The first-order valence-corrected chi connectivity index (χ1v) is 14.7. The van der Waals surface area contributed by atoms with E-state index in [4.69, 9.17) is 14.2 Å². The number of carbonyl (C=O) groups excluding carboxylic acids is 4. The van der Waals surface area contributed by atoms with E-state index in [1.807, 2.05) is 48.5 Å². The monoisotopic (exact) mass is 589 g/mol. The normalized spacial score (nSPS) is 22.2. The van der Waals surface area contributed by atoms with Gasteiger partial charge in [-0.05, 0) is 68.7 Å². The number of imide groups is 1. The molecule has 0 N–H and O–H groups in total. The second-order valence-corrected chi connectivity index (χ2v) is 12.1. The molecule has 2 aromatic carbocycles. The third-order valence-electron chi connectivity index (χ3n) is 8.19. The molecule has 0 bridgehead atoms. The zero-order chi connectivity index (χ0) is 31.1. The van der Waals surface area contributed by atoms with Crippen molar-refractivity contribution < 1.29 is 33.4 Å². The molecule has 1 heterocycles. The smallest absolute Gasteiger partial charge is 0.416 e. The first-order valence-electron chi connectivity index (χ1n) is 14.7. The van der Waals surface area contributed by atoms with Crippen LogP contribution < -0.4 is 0 Å². The molecule has 2 aromatic rings. The third-order valence-corrected chi connectivity index (χ3v) is 8.19. The number of rotatable bonds is 6. The van der Waals surface area contributed by atoms with Crippen LogP contribution in [-0.2, 0) is 19.0 Å². The average molecular weight is 590 g/mol. The molecule has 10 nitrogen and oxygen atoms in total. The van der Waals surface area contributed by atoms with Crippen LogP contribution in [0.3, 0.4) is 0 Å². The Hall–Kier alpha value is -4.34. The van der Waals surface area contributed by atoms with Gasteiger partial charge in [0.1, 0.15) is 11.6 Å². The fraction of sp³-hybridized carbons (Fsp3) is 0.455. The third kappa shape index (κ3) is 5.70. The number of carbonyl (C=O) groups is 4. The van der Waals surface area contributed by atoms with Gasteiger partial charge in [0.15, 0.2) is 0 Å². The number of methoxy groups -OCH3 is 1. The van der Waals surface area contributed by atoms with Gasteiger partial charge in [-0.3, -0.25) is 14.6 Å². The molecule has 228 valence electrons. The SMILES string of the molecule is C=CC1CC1N(C(=O)OCC)C(=O)C1CC(N(C(=O)OC)C2c3ccccc3-c3ccccc32)CN1C(=O)OC(C)(C)C. The van der Waals surface area contributed by atoms with Gasteiger partial charge >= 0.3 is 18.3 Å². The number of hydrogen-bond donors (Lipinski definition) is 0. The van der Waals surface area contributed by atoms with Crippen molar-refractivity contribution in [3.63, 3.8) is 0 Å². The molecule has 0 aromatic heterocycles. The van der Waals surface area contributed by atoms with Crippen molar-refractivity contribution in [2.24, 2.45) is 5.92 Å². The summed E-state index contributed by atoms with van der Waals surface area (Å²) in [6.07, 6.45) is 0.301. The fourth-order valence-corrected chi connectivity index (χ4v) is 6.26. The minimum atomic E-state index is -1.07. The van der Waals surface area contributed by atoms with E-state index in [0.717, 1.165) is 27.2 Å². The predicted molar refractivity (Wildman–Crippen MR) is 159 cm³/mol. The van der Waals surface area contributed by atoms with Gasteiger partial charge < -0.3 is 14.2 Å². The molecule has 4 atom stereocenters. The molecule has 10 heteroatoms. The maximum Gasteiger partial charge on any atom is 0.416 e. The zero-order valence-corrected chi connectivity index (χ0v) is 25.3. The number of likely N-dealkylation sites (tertiary alicyclic amines) is 1. The van der Waals surface area contributed by atoms with E-state index in [9.17, 15) is 19.2 Å². The lowest BCUT2D eigenvalue weighted by Crippen LogP contribution is -2.52. The summed E-state index contributed by atoms with van der Waals surface area (Å²) in [5, 5.41) is 0. The molecule has 1 saturated carbocycles. The Morgan fingerprint density at radius 3 is 2.09 bits per heavy atom. The minimum Gasteiger partial charge on any atom is -0.453 e. The van der Waals surface area contributed by atoms with E-state index in [2.05, 4.69) is 6.58 Å². The summed E-state index contributed by atoms with van der Waals surface area (Å²) in [5.41, 5.74) is 3.02. The molecule has 4 amide bonds. The molecule has 1 saturated heterocycles. The standard InChI is InChI=1S/C33H39N3O7/c1-7-20-17-26(20)36(32(40)42-8-2)29(37)27-18-21(19-34(27)30(38)43-33(3,4)5)35(31(39)41-6)28-24-15-11-9-13-22(24)23-14-10-12-16-25(23)28/h7,9-16,20-21,26-28H,1,8,17-19H2,2-6H3. The first kappa shape index (κ1) is 30.1. The van der Waals surface area contributed by atoms with Gasteiger partial charge in [-0.15, -0.1) is 6.58 Å². The molecule has 5 rings (SSSR count). The van der Waals surface area contributed by atoms with E-state index >= 15 is 0 Å². The molecule has 0 radical (unpaired) electrons. The Balaban J connectivity index is 1.55. The van der Waals surface area contributed by atoms with Crippen molar-refractivity contribution in [1.82, 2.24) is 14.7 Å². The summed E-state index contributed by atoms with van der Waals surface area (Å²) < 4.78 is 16.3. The highest BCUT2D eigenvalue weighted by Gasteiger charge is 2.53. The van der Waals surface area contributed by atoms with E-state index in [1.54, 1.807) is 38.7 Å². The average Bonchev–Trinajstić information content (AvgIpc) is 3.48. The van der Waals surface area contributed by atoms with Crippen molar-refractivity contribution in [2.45, 2.75) is 70.3 Å². The Morgan fingerprint density at radius 1 is 0.977 bits per heavy atom. The summed E-state index contributed by atoms with van der Waals surface area (Å²) in [6, 6.07) is 13.1. The highest BCUT2D eigenvalue weighted by molar-refractivity contribution is 5.97. The fourth-order valence-electron chi connectivity index (χ4n) is 6.26. The quantitative estimate of drug-likeness (QED) is 0.311. The van der Waals surface area contributed by atoms with Crippen LogP contribution in [0.2, 0.25) is 0 Å². The number of benzene rings is 2. The topological polar surface area (TPSA) is 106 Å². The van der Waals surface area contributed by atoms with Crippen LogP contribution in [0.1, 0.15) is 57.7 Å². The first-order chi connectivity index (χ1) is 20.5. The summed E-state index contributed by atoms with van der Waals surface area (Å²) in [4.78, 5) is 58.5. The zero-order valence-electron chi connectivity index (χ0n) is 25.3. The van der Waals surface area contributed by atoms with E-state index in [0.29, 0.717) is 6.42 Å². The van der Waals surface area contributed by atoms with Crippen molar-refractivity contribution >= 4 is 24.2 Å². The lowest BCUT2D eigenvalue weighted by molar-refractivity contribution is -0.134. The van der Waals surface area contributed by atoms with Crippen molar-refractivity contribution in [1.29, 1.82) is 0 Å². The van der Waals surface area contributed by atoms with Gasteiger partial charge in [0.2, 0.25) is 0 Å². The van der Waals surface area contributed by atoms with E-state index in [1.165, 1.54) is 12.0 Å². The highest BCUT2D eigenvalue weighted by atomic mass is 16.6.